The molecule has 0 aliphatic carbocycles. The zero-order valence-corrected chi connectivity index (χ0v) is 12.9. The van der Waals surface area contributed by atoms with E-state index in [1.165, 1.54) is 15.3 Å². The molecule has 0 bridgehead atoms. The van der Waals surface area contributed by atoms with E-state index in [1.807, 2.05) is 11.3 Å². The van der Waals surface area contributed by atoms with Crippen molar-refractivity contribution in [2.45, 2.75) is 33.2 Å². The molecular weight excluding hydrogens is 266 g/mol. The molecule has 0 saturated carbocycles. The Morgan fingerprint density at radius 1 is 1.25 bits per heavy atom. The van der Waals surface area contributed by atoms with Gasteiger partial charge < -0.3 is 10.3 Å². The molecule has 0 saturated heterocycles. The van der Waals surface area contributed by atoms with Crippen LogP contribution in [0, 0.1) is 13.8 Å². The number of anilines is 1. The highest BCUT2D eigenvalue weighted by molar-refractivity contribution is 7.11. The van der Waals surface area contributed by atoms with Gasteiger partial charge in [0.25, 0.3) is 0 Å². The third kappa shape index (κ3) is 2.31. The van der Waals surface area contributed by atoms with E-state index >= 15 is 0 Å². The number of nitrogen functional groups attached to an aromatic ring is 1. The molecule has 2 heterocycles. The van der Waals surface area contributed by atoms with Crippen molar-refractivity contribution in [2.24, 2.45) is 0 Å². The second-order valence-electron chi connectivity index (χ2n) is 5.40. The number of benzene rings is 1. The van der Waals surface area contributed by atoms with Gasteiger partial charge in [-0.25, -0.2) is 4.98 Å². The minimum absolute atomic E-state index is 0.306. The second kappa shape index (κ2) is 4.94. The van der Waals surface area contributed by atoms with Crippen molar-refractivity contribution in [2.75, 3.05) is 5.73 Å². The van der Waals surface area contributed by atoms with Gasteiger partial charge in [-0.1, -0.05) is 6.07 Å². The van der Waals surface area contributed by atoms with Crippen LogP contribution in [-0.4, -0.2) is 9.55 Å². The first-order valence-corrected chi connectivity index (χ1v) is 7.65. The number of aromatic nitrogens is 2. The van der Waals surface area contributed by atoms with Crippen LogP contribution in [-0.2, 0) is 6.42 Å². The fourth-order valence-corrected chi connectivity index (χ4v) is 3.68. The van der Waals surface area contributed by atoms with Crippen molar-refractivity contribution in [1.29, 1.82) is 0 Å². The van der Waals surface area contributed by atoms with E-state index in [4.69, 9.17) is 5.73 Å². The Morgan fingerprint density at radius 3 is 2.75 bits per heavy atom. The van der Waals surface area contributed by atoms with Crippen molar-refractivity contribution in [3.8, 4) is 0 Å². The summed E-state index contributed by atoms with van der Waals surface area (Å²) in [4.78, 5) is 7.23. The molecule has 104 valence electrons. The quantitative estimate of drug-likeness (QED) is 0.787. The van der Waals surface area contributed by atoms with Gasteiger partial charge in [-0.15, -0.1) is 11.3 Å². The van der Waals surface area contributed by atoms with Gasteiger partial charge >= 0.3 is 0 Å². The molecule has 0 aliphatic rings. The molecule has 0 fully saturated rings. The lowest BCUT2D eigenvalue weighted by Gasteiger charge is -2.15. The Balaban J connectivity index is 1.98. The van der Waals surface area contributed by atoms with Crippen LogP contribution in [0.3, 0.4) is 0 Å². The maximum absolute atomic E-state index is 6.12. The monoisotopic (exact) mass is 285 g/mol. The topological polar surface area (TPSA) is 43.8 Å². The van der Waals surface area contributed by atoms with Crippen LogP contribution >= 0.6 is 11.3 Å². The number of nitrogens with zero attached hydrogens (tertiary/aromatic N) is 2. The minimum atomic E-state index is 0.306. The van der Waals surface area contributed by atoms with Crippen LogP contribution < -0.4 is 5.73 Å². The Hall–Kier alpha value is -1.81. The summed E-state index contributed by atoms with van der Waals surface area (Å²) in [5, 5.41) is 0. The Morgan fingerprint density at radius 2 is 2.05 bits per heavy atom. The number of hydrogen-bond acceptors (Lipinski definition) is 3. The average Bonchev–Trinajstić information content (AvgIpc) is 2.91. The predicted molar refractivity (Wildman–Crippen MR) is 86.4 cm³/mol. The molecule has 1 atom stereocenters. The summed E-state index contributed by atoms with van der Waals surface area (Å²) >= 11 is 1.85. The standard InChI is InChI=1S/C16H19N3S/c1-10-4-7-15-14(8-10)18-16(17)19(15)11(2)9-13-6-5-12(3)20-13/h4-8,11H,9H2,1-3H3,(H2,17,18). The van der Waals surface area contributed by atoms with Crippen LogP contribution in [0.1, 0.15) is 28.3 Å². The first-order valence-electron chi connectivity index (χ1n) is 6.84. The highest BCUT2D eigenvalue weighted by Gasteiger charge is 2.15. The zero-order chi connectivity index (χ0) is 14.3. The molecule has 1 aromatic carbocycles. The molecule has 20 heavy (non-hydrogen) atoms. The van der Waals surface area contributed by atoms with E-state index in [2.05, 4.69) is 60.7 Å². The van der Waals surface area contributed by atoms with E-state index in [9.17, 15) is 0 Å². The number of fused-ring (bicyclic) bond motifs is 1. The third-order valence-electron chi connectivity index (χ3n) is 3.61. The third-order valence-corrected chi connectivity index (χ3v) is 4.63. The molecule has 1 unspecified atom stereocenters. The van der Waals surface area contributed by atoms with Crippen LogP contribution in [0.15, 0.2) is 30.3 Å². The molecule has 0 spiro atoms. The van der Waals surface area contributed by atoms with Gasteiger partial charge in [0.1, 0.15) is 0 Å². The Kier molecular flexibility index (Phi) is 3.26. The predicted octanol–water partition coefficient (Wildman–Crippen LogP) is 4.10. The van der Waals surface area contributed by atoms with Gasteiger partial charge in [-0.2, -0.15) is 0 Å². The van der Waals surface area contributed by atoms with Crippen molar-refractivity contribution in [3.05, 3.63) is 45.6 Å². The maximum atomic E-state index is 6.12. The smallest absolute Gasteiger partial charge is 0.201 e. The number of imidazole rings is 1. The molecule has 4 heteroatoms. The summed E-state index contributed by atoms with van der Waals surface area (Å²) in [5.41, 5.74) is 9.43. The van der Waals surface area contributed by atoms with Gasteiger partial charge in [-0.3, -0.25) is 0 Å². The molecule has 0 radical (unpaired) electrons. The minimum Gasteiger partial charge on any atom is -0.369 e. The van der Waals surface area contributed by atoms with Crippen molar-refractivity contribution in [3.63, 3.8) is 0 Å². The molecule has 2 aromatic heterocycles. The summed E-state index contributed by atoms with van der Waals surface area (Å²) in [5.74, 6) is 0.603. The maximum Gasteiger partial charge on any atom is 0.201 e. The number of hydrogen-bond donors (Lipinski definition) is 1. The van der Waals surface area contributed by atoms with Gasteiger partial charge in [0.15, 0.2) is 0 Å². The number of nitrogens with two attached hydrogens (primary N) is 1. The Bertz CT molecular complexity index is 754. The average molecular weight is 285 g/mol. The van der Waals surface area contributed by atoms with Crippen molar-refractivity contribution in [1.82, 2.24) is 9.55 Å². The molecule has 0 aliphatic heterocycles. The summed E-state index contributed by atoms with van der Waals surface area (Å²) in [6.45, 7) is 6.42. The lowest BCUT2D eigenvalue weighted by Crippen LogP contribution is -2.10. The van der Waals surface area contributed by atoms with E-state index < -0.39 is 0 Å². The van der Waals surface area contributed by atoms with Crippen LogP contribution in [0.4, 0.5) is 5.95 Å². The SMILES string of the molecule is Cc1ccc2c(c1)nc(N)n2C(C)Cc1ccc(C)s1. The van der Waals surface area contributed by atoms with E-state index in [-0.39, 0.29) is 0 Å². The molecule has 0 amide bonds. The summed E-state index contributed by atoms with van der Waals surface area (Å²) in [6.07, 6.45) is 0.988. The highest BCUT2D eigenvalue weighted by Crippen LogP contribution is 2.27. The van der Waals surface area contributed by atoms with Gasteiger partial charge in [0.2, 0.25) is 5.95 Å². The van der Waals surface area contributed by atoms with E-state index in [0.717, 1.165) is 17.5 Å². The largest absolute Gasteiger partial charge is 0.369 e. The lowest BCUT2D eigenvalue weighted by molar-refractivity contribution is 0.571. The van der Waals surface area contributed by atoms with E-state index in [0.29, 0.717) is 12.0 Å². The molecule has 3 aromatic rings. The lowest BCUT2D eigenvalue weighted by atomic mass is 10.2. The normalized spacial score (nSPS) is 12.9. The van der Waals surface area contributed by atoms with Crippen LogP contribution in [0.25, 0.3) is 11.0 Å². The molecular formula is C16H19N3S. The molecule has 3 rings (SSSR count). The first-order chi connectivity index (χ1) is 9.54. The number of thiophene rings is 1. The fraction of sp³-hybridized carbons (Fsp3) is 0.312. The van der Waals surface area contributed by atoms with Crippen molar-refractivity contribution < 1.29 is 0 Å². The summed E-state index contributed by atoms with van der Waals surface area (Å²) in [6, 6.07) is 11.0. The zero-order valence-electron chi connectivity index (χ0n) is 12.1. The van der Waals surface area contributed by atoms with Gasteiger partial charge in [0, 0.05) is 22.2 Å². The van der Waals surface area contributed by atoms with E-state index in [1.54, 1.807) is 0 Å². The van der Waals surface area contributed by atoms with Gasteiger partial charge in [0.05, 0.1) is 11.0 Å². The fourth-order valence-electron chi connectivity index (χ4n) is 2.67. The summed E-state index contributed by atoms with van der Waals surface area (Å²) in [7, 11) is 0. The van der Waals surface area contributed by atoms with Crippen LogP contribution in [0.2, 0.25) is 0 Å². The highest BCUT2D eigenvalue weighted by atomic mass is 32.1. The van der Waals surface area contributed by atoms with Crippen molar-refractivity contribution >= 4 is 28.3 Å². The van der Waals surface area contributed by atoms with Crippen LogP contribution in [0.5, 0.6) is 0 Å². The molecule has 2 N–H and O–H groups in total. The number of aryl methyl sites for hydroxylation is 2. The summed E-state index contributed by atoms with van der Waals surface area (Å²) < 4.78 is 2.14. The van der Waals surface area contributed by atoms with Gasteiger partial charge in [-0.05, 0) is 50.6 Å². The first kappa shape index (κ1) is 13.2. The second-order valence-corrected chi connectivity index (χ2v) is 6.77. The molecule has 3 nitrogen and oxygen atoms in total. The Labute approximate surface area is 123 Å². The number of rotatable bonds is 3.